The van der Waals surface area contributed by atoms with Crippen molar-refractivity contribution in [3.63, 3.8) is 0 Å². The predicted molar refractivity (Wildman–Crippen MR) is 451 cm³/mol. The Balaban J connectivity index is 0.000000720. The standard InChI is InChI=1S/C18H24FNO3.C13H18FNO.C13H16FNO.C12H18F3NO5S.C12H16FNO.C9H9N3O3.C7H7BFO3.B.BrH.Na.H/c1-12-6-8-15(13-7-9-16(22-5)14(19)10-13)20(11-12)17(21)23-18(2,3)4;2*1-9-3-5-12(15-8-9)10-4-6-13(16-2)11(14)7-10;1-8-5-6-9(21-22(18,19)12(13,14)15)16(7-8)10(17)20-11(2,3)4;1-8-2-4-11(14-7-8)9-3-5-12(15)10(13)6-9;1-5(13)9(15)12-7-2-6(8(10)14)3-11-4-7;1-11-7-3-2-5(12-8-10)4-6(7)9;;;;/h7-10,12H,6,11H2,1-5H3;4,6-7,9,12,15H,3,5,8H2,1-2H3;4,6-7,9H,3,5,8H2,1-2H3;6,8H,5,7H2,1-4H3;3,5-6,8,11,14-15H,2,4,7H2,1H3;2-4H,1H3,(H2,10,14)(H,12,15);2-4,10H,1H3;;1H;;/q;;;;;;;;;+1;-1. The third kappa shape index (κ3) is 36.1. The molecular weight excluding hydrogens is 1700 g/mol. The van der Waals surface area contributed by atoms with E-state index in [2.05, 4.69) is 67.2 Å². The Morgan fingerprint density at radius 1 is 0.598 bits per heavy atom. The van der Waals surface area contributed by atoms with Crippen molar-refractivity contribution in [2.75, 3.05) is 66.5 Å². The van der Waals surface area contributed by atoms with Crippen LogP contribution in [0.2, 0.25) is 0 Å². The number of ether oxygens (including phenoxy) is 6. The summed E-state index contributed by atoms with van der Waals surface area (Å²) < 4.78 is 165. The van der Waals surface area contributed by atoms with E-state index >= 15 is 0 Å². The normalized spacial score (nSPS) is 18.5. The van der Waals surface area contributed by atoms with Crippen LogP contribution in [-0.2, 0) is 33.4 Å². The number of methoxy groups -OCH3 is 4. The van der Waals surface area contributed by atoms with E-state index in [1.165, 1.54) is 96.1 Å². The molecule has 7 atom stereocenters. The van der Waals surface area contributed by atoms with Crippen LogP contribution in [0.25, 0.3) is 5.70 Å². The van der Waals surface area contributed by atoms with E-state index in [1.807, 2.05) is 39.0 Å². The monoisotopic (exact) mass is 1810 g/mol. The van der Waals surface area contributed by atoms with Crippen LogP contribution in [0.15, 0.2) is 132 Å². The van der Waals surface area contributed by atoms with E-state index in [-0.39, 0.29) is 139 Å². The number of nitrogens with one attached hydrogen (secondary N) is 3. The van der Waals surface area contributed by atoms with Gasteiger partial charge in [0.2, 0.25) is 17.6 Å². The first-order valence-corrected chi connectivity index (χ1v) is 39.6. The number of aromatic hydroxyl groups is 1. The molecule has 0 spiro atoms. The Morgan fingerprint density at radius 2 is 1.06 bits per heavy atom. The molecule has 122 heavy (non-hydrogen) atoms. The van der Waals surface area contributed by atoms with Crippen molar-refractivity contribution in [2.45, 2.75) is 163 Å². The second-order valence-corrected chi connectivity index (χ2v) is 32.4. The smallest absolute Gasteiger partial charge is 1.00 e. The number of phenols is 1. The van der Waals surface area contributed by atoms with Crippen molar-refractivity contribution in [1.82, 2.24) is 25.4 Å². The summed E-state index contributed by atoms with van der Waals surface area (Å²) in [7, 11) is 0.395. The van der Waals surface area contributed by atoms with Gasteiger partial charge in [0, 0.05) is 70.6 Å². The molecule has 7 unspecified atom stereocenters. The van der Waals surface area contributed by atoms with Crippen LogP contribution < -0.4 is 74.8 Å². The van der Waals surface area contributed by atoms with Gasteiger partial charge < -0.3 is 70.5 Å². The molecule has 6 aromatic rings. The van der Waals surface area contributed by atoms with Gasteiger partial charge in [-0.2, -0.15) is 21.6 Å². The van der Waals surface area contributed by atoms with E-state index in [1.54, 1.807) is 69.0 Å². The number of carbonyl (C=O) groups is 5. The van der Waals surface area contributed by atoms with E-state index in [4.69, 9.17) is 39.5 Å². The van der Waals surface area contributed by atoms with Crippen LogP contribution in [-0.4, -0.2) is 163 Å². The molecule has 1 aromatic heterocycles. The molecule has 5 aliphatic rings. The number of carbonyl (C=O) groups excluding carboxylic acids is 5. The molecule has 7 N–H and O–H groups in total. The second-order valence-electron chi connectivity index (χ2n) is 30.9. The molecule has 38 heteroatoms. The van der Waals surface area contributed by atoms with Gasteiger partial charge in [0.15, 0.2) is 57.8 Å². The zero-order valence-electron chi connectivity index (χ0n) is 72.7. The van der Waals surface area contributed by atoms with Gasteiger partial charge in [0.05, 0.1) is 51.6 Å². The first-order valence-electron chi connectivity index (χ1n) is 38.2. The number of hydrogen-bond donors (Lipinski definition) is 6. The zero-order valence-corrected chi connectivity index (χ0v) is 76.2. The molecule has 11 rings (SSSR count). The van der Waals surface area contributed by atoms with Gasteiger partial charge in [-0.15, -0.1) is 17.0 Å². The topological polar surface area (TPSA) is 328 Å². The number of primary amides is 1. The van der Waals surface area contributed by atoms with Crippen LogP contribution >= 0.6 is 17.0 Å². The fourth-order valence-corrected chi connectivity index (χ4v) is 12.3. The SMILES string of the molecule is Br.CC(=O)C(=O)Nc1cncc(C(N)=O)c1.CC1CC=C(OS(=O)(=O)C(F)(F)F)N(C(=O)OC(C)(C)C)C1.CC1CCC(c2ccc(O)c(F)c2)NC1.COc1ccc(C2=CCC(C)CN2C(=O)OC(C)(C)C)cc1F.COc1ccc(C2=NCC(C)CC2)cc1F.COc1ccc(C2CCC(C)CN2)cc1F.COc1ccc(O[B]O)cc1F.[B].[H-].[Na+]. The summed E-state index contributed by atoms with van der Waals surface area (Å²) in [5.74, 6) is -1.66. The summed E-state index contributed by atoms with van der Waals surface area (Å²) in [6.07, 6.45) is 11.9. The van der Waals surface area contributed by atoms with E-state index in [9.17, 15) is 67.5 Å². The molecule has 6 heterocycles. The first kappa shape index (κ1) is 109. The number of Topliss-reactive ketones (excluding diaryl/α,β-unsaturated/α-hetero) is 1. The summed E-state index contributed by atoms with van der Waals surface area (Å²) in [5, 5.41) is 26.4. The van der Waals surface area contributed by atoms with E-state index in [0.29, 0.717) is 49.0 Å². The van der Waals surface area contributed by atoms with Gasteiger partial charge in [-0.3, -0.25) is 29.3 Å². The van der Waals surface area contributed by atoms with Gasteiger partial charge in [0.1, 0.15) is 17.0 Å². The summed E-state index contributed by atoms with van der Waals surface area (Å²) in [5.41, 5.74) is 3.56. The van der Waals surface area contributed by atoms with Crippen molar-refractivity contribution in [3.8, 4) is 34.5 Å². The average molecular weight is 1810 g/mol. The van der Waals surface area contributed by atoms with Crippen LogP contribution in [0.4, 0.5) is 50.4 Å². The Hall–Kier alpha value is -8.97. The van der Waals surface area contributed by atoms with Gasteiger partial charge in [-0.25, -0.2) is 36.4 Å². The second kappa shape index (κ2) is 51.3. The molecule has 0 saturated carbocycles. The molecule has 2 saturated heterocycles. The van der Waals surface area contributed by atoms with Crippen molar-refractivity contribution < 1.29 is 146 Å². The number of halogens is 9. The quantitative estimate of drug-likeness (QED) is 0.0183. The molecule has 5 aliphatic heterocycles. The van der Waals surface area contributed by atoms with E-state index in [0.717, 1.165) is 104 Å². The van der Waals surface area contributed by atoms with Gasteiger partial charge in [-0.05, 0) is 237 Å². The molecule has 25 nitrogen and oxygen atoms in total. The molecule has 4 amide bonds. The predicted octanol–water partition coefficient (Wildman–Crippen LogP) is 13.7. The largest absolute Gasteiger partial charge is 1.00 e. The molecular formula is C84H110B2BrF8N8NaO17S. The molecule has 0 bridgehead atoms. The number of phenolic OH excluding ortho intramolecular Hbond substituents is 1. The number of ketones is 1. The van der Waals surface area contributed by atoms with Crippen molar-refractivity contribution >= 4 is 90.1 Å². The summed E-state index contributed by atoms with van der Waals surface area (Å²) >= 11 is 0. The molecule has 0 aliphatic carbocycles. The van der Waals surface area contributed by atoms with Crippen LogP contribution in [0.5, 0.6) is 34.5 Å². The number of anilines is 1. The third-order valence-corrected chi connectivity index (χ3v) is 19.2. The first-order chi connectivity index (χ1) is 55.8. The van der Waals surface area contributed by atoms with Gasteiger partial charge in [0.25, 0.3) is 5.91 Å². The fraction of sp³-hybridized carbons (Fsp3) is 0.464. The van der Waals surface area contributed by atoms with Crippen molar-refractivity contribution in [1.29, 1.82) is 0 Å². The fourth-order valence-electron chi connectivity index (χ4n) is 11.9. The van der Waals surface area contributed by atoms with Gasteiger partial charge >= 0.3 is 65.1 Å². The van der Waals surface area contributed by atoms with E-state index < -0.39 is 79.9 Å². The Labute approximate surface area is 745 Å². The van der Waals surface area contributed by atoms with Crippen LogP contribution in [0.3, 0.4) is 0 Å². The number of allylic oxidation sites excluding steroid dienone is 2. The maximum Gasteiger partial charge on any atom is 1.00 e. The number of amides is 4. The average Bonchev–Trinajstić information content (AvgIpc) is 0.798. The number of alkyl halides is 3. The summed E-state index contributed by atoms with van der Waals surface area (Å²) in [6, 6.07) is 25.5. The van der Waals surface area contributed by atoms with Crippen LogP contribution in [0, 0.1) is 58.7 Å². The Bertz CT molecular complexity index is 4620. The number of hydrogen-bond acceptors (Lipinski definition) is 21. The minimum absolute atomic E-state index is 0. The molecule has 4 radical (unpaired) electrons. The van der Waals surface area contributed by atoms with Gasteiger partial charge in [-0.1, -0.05) is 52.8 Å². The summed E-state index contributed by atoms with van der Waals surface area (Å²) in [6.45, 7) is 25.2. The number of pyridine rings is 1. The van der Waals surface area contributed by atoms with Crippen molar-refractivity contribution in [3.05, 3.63) is 184 Å². The number of rotatable bonds is 15. The number of benzene rings is 5. The maximum absolute atomic E-state index is 14.0. The van der Waals surface area contributed by atoms with Crippen molar-refractivity contribution in [2.24, 2.45) is 40.3 Å². The minimum atomic E-state index is -5.84. The summed E-state index contributed by atoms with van der Waals surface area (Å²) in [4.78, 5) is 67.4. The maximum atomic E-state index is 14.0. The number of aliphatic imine (C=N–C) groups is 1. The Kier molecular flexibility index (Phi) is 45.9. The zero-order chi connectivity index (χ0) is 88.9. The molecule has 664 valence electrons. The van der Waals surface area contributed by atoms with Crippen LogP contribution in [0.1, 0.15) is 181 Å². The molecule has 2 fully saturated rings. The number of nitrogens with two attached hydrogens (primary N) is 1. The number of nitrogens with zero attached hydrogens (tertiary/aromatic N) is 4. The third-order valence-electron chi connectivity index (χ3n) is 18.2. The number of piperidine rings is 2. The minimum Gasteiger partial charge on any atom is -1.00 e. The molecule has 5 aromatic carbocycles. The number of aromatic nitrogens is 1. The Morgan fingerprint density at radius 3 is 1.49 bits per heavy atom.